The minimum absolute atomic E-state index is 0.0203. The van der Waals surface area contributed by atoms with Crippen molar-refractivity contribution in [3.05, 3.63) is 16.7 Å². The summed E-state index contributed by atoms with van der Waals surface area (Å²) in [5.41, 5.74) is 3.07. The van der Waals surface area contributed by atoms with Gasteiger partial charge in [0.25, 0.3) is 8.32 Å². The highest BCUT2D eigenvalue weighted by molar-refractivity contribution is 6.74. The van der Waals surface area contributed by atoms with E-state index in [1.807, 2.05) is 6.92 Å². The van der Waals surface area contributed by atoms with E-state index in [0.717, 1.165) is 45.4 Å². The maximum atomic E-state index is 6.84. The zero-order valence-electron chi connectivity index (χ0n) is 22.3. The molecule has 7 heteroatoms. The molecule has 3 rings (SSSR count). The van der Waals surface area contributed by atoms with Crippen LogP contribution in [0.15, 0.2) is 0 Å². The number of aryl methyl sites for hydroxylation is 1. The number of rotatable bonds is 6. The van der Waals surface area contributed by atoms with E-state index < -0.39 is 8.32 Å². The highest BCUT2D eigenvalue weighted by Gasteiger charge is 2.42. The molecular formula is C26H40O6Si. The van der Waals surface area contributed by atoms with E-state index in [4.69, 9.17) is 28.1 Å². The molecule has 0 saturated heterocycles. The van der Waals surface area contributed by atoms with Gasteiger partial charge in [-0.1, -0.05) is 20.8 Å². The highest BCUT2D eigenvalue weighted by Crippen LogP contribution is 2.57. The lowest BCUT2D eigenvalue weighted by atomic mass is 9.87. The maximum Gasteiger partial charge on any atom is 0.250 e. The number of ether oxygens (including phenoxy) is 5. The molecule has 2 aromatic rings. The van der Waals surface area contributed by atoms with Crippen molar-refractivity contribution in [1.29, 1.82) is 0 Å². The average Bonchev–Trinajstić information content (AvgIpc) is 2.72. The number of hydrogen-bond donors (Lipinski definition) is 0. The smallest absolute Gasteiger partial charge is 0.250 e. The third-order valence-corrected chi connectivity index (χ3v) is 11.5. The van der Waals surface area contributed by atoms with Crippen LogP contribution in [-0.4, -0.2) is 42.9 Å². The summed E-state index contributed by atoms with van der Waals surface area (Å²) in [4.78, 5) is 0. The van der Waals surface area contributed by atoms with Gasteiger partial charge in [-0.2, -0.15) is 0 Å². The quantitative estimate of drug-likeness (QED) is 0.439. The lowest BCUT2D eigenvalue weighted by molar-refractivity contribution is -0.00648. The Kier molecular flexibility index (Phi) is 6.89. The van der Waals surface area contributed by atoms with Crippen molar-refractivity contribution in [2.75, 3.05) is 28.4 Å². The van der Waals surface area contributed by atoms with Crippen molar-refractivity contribution in [1.82, 2.24) is 0 Å². The average molecular weight is 477 g/mol. The van der Waals surface area contributed by atoms with Crippen molar-refractivity contribution in [2.24, 2.45) is 0 Å². The maximum absolute atomic E-state index is 6.84. The largest absolute Gasteiger partial charge is 0.541 e. The van der Waals surface area contributed by atoms with Crippen LogP contribution in [0.3, 0.4) is 0 Å². The van der Waals surface area contributed by atoms with Crippen molar-refractivity contribution >= 4 is 19.1 Å². The number of fused-ring (bicyclic) bond motifs is 2. The summed E-state index contributed by atoms with van der Waals surface area (Å²) in [6, 6.07) is 0. The fraction of sp³-hybridized carbons (Fsp3) is 0.615. The molecule has 33 heavy (non-hydrogen) atoms. The molecule has 6 nitrogen and oxygen atoms in total. The number of methoxy groups -OCH3 is 4. The summed E-state index contributed by atoms with van der Waals surface area (Å²) in [6.45, 7) is 17.3. The van der Waals surface area contributed by atoms with Gasteiger partial charge in [-0.05, 0) is 38.9 Å². The molecule has 2 aromatic carbocycles. The van der Waals surface area contributed by atoms with Gasteiger partial charge in [0.15, 0.2) is 11.5 Å². The molecule has 0 N–H and O–H groups in total. The van der Waals surface area contributed by atoms with E-state index in [-0.39, 0.29) is 17.2 Å². The Bertz CT molecular complexity index is 1050. The van der Waals surface area contributed by atoms with Crippen molar-refractivity contribution in [3.8, 4) is 28.7 Å². The fourth-order valence-corrected chi connectivity index (χ4v) is 5.64. The van der Waals surface area contributed by atoms with E-state index in [2.05, 4.69) is 47.7 Å². The molecule has 0 radical (unpaired) electrons. The first-order valence-corrected chi connectivity index (χ1v) is 14.4. The van der Waals surface area contributed by atoms with Crippen LogP contribution in [0.2, 0.25) is 18.1 Å². The number of hydrogen-bond acceptors (Lipinski definition) is 6. The van der Waals surface area contributed by atoms with Crippen LogP contribution in [0.4, 0.5) is 0 Å². The van der Waals surface area contributed by atoms with E-state index in [1.54, 1.807) is 28.4 Å². The van der Waals surface area contributed by atoms with Crippen LogP contribution >= 0.6 is 0 Å². The van der Waals surface area contributed by atoms with Crippen LogP contribution < -0.4 is 23.4 Å². The van der Waals surface area contributed by atoms with Crippen LogP contribution in [0.5, 0.6) is 28.7 Å². The van der Waals surface area contributed by atoms with Gasteiger partial charge in [0.1, 0.15) is 11.5 Å². The molecule has 1 heterocycles. The van der Waals surface area contributed by atoms with Gasteiger partial charge >= 0.3 is 0 Å². The van der Waals surface area contributed by atoms with Crippen LogP contribution in [0.1, 0.15) is 57.4 Å². The van der Waals surface area contributed by atoms with E-state index in [9.17, 15) is 0 Å². The van der Waals surface area contributed by atoms with E-state index in [1.165, 1.54) is 0 Å². The fourth-order valence-electron chi connectivity index (χ4n) is 4.58. The molecule has 1 aliphatic rings. The molecule has 0 aromatic heterocycles. The van der Waals surface area contributed by atoms with Crippen LogP contribution in [-0.2, 0) is 11.2 Å². The molecule has 0 aliphatic carbocycles. The summed E-state index contributed by atoms with van der Waals surface area (Å²) in [5, 5.41) is 1.77. The first-order valence-electron chi connectivity index (χ1n) is 11.5. The molecule has 0 fully saturated rings. The predicted octanol–water partition coefficient (Wildman–Crippen LogP) is 6.59. The summed E-state index contributed by atoms with van der Waals surface area (Å²) in [5.74, 6) is 3.42. The Hall–Kier alpha value is -2.12. The summed E-state index contributed by atoms with van der Waals surface area (Å²) in [6.07, 6.45) is 0.671. The van der Waals surface area contributed by atoms with Gasteiger partial charge in [0.05, 0.1) is 46.0 Å². The van der Waals surface area contributed by atoms with Gasteiger partial charge in [0, 0.05) is 28.5 Å². The lowest BCUT2D eigenvalue weighted by Crippen LogP contribution is -2.44. The van der Waals surface area contributed by atoms with Crippen molar-refractivity contribution in [3.63, 3.8) is 0 Å². The summed E-state index contributed by atoms with van der Waals surface area (Å²) < 4.78 is 37.0. The summed E-state index contributed by atoms with van der Waals surface area (Å²) >= 11 is 0. The molecule has 0 saturated carbocycles. The van der Waals surface area contributed by atoms with Crippen LogP contribution in [0, 0.1) is 6.92 Å². The third kappa shape index (κ3) is 4.03. The van der Waals surface area contributed by atoms with Crippen molar-refractivity contribution < 1.29 is 28.1 Å². The monoisotopic (exact) mass is 476 g/mol. The lowest BCUT2D eigenvalue weighted by Gasteiger charge is -2.38. The Morgan fingerprint density at radius 3 is 1.82 bits per heavy atom. The molecule has 0 amide bonds. The van der Waals surface area contributed by atoms with E-state index in [0.29, 0.717) is 17.2 Å². The number of benzene rings is 2. The Balaban J connectivity index is 2.54. The minimum Gasteiger partial charge on any atom is -0.541 e. The second-order valence-corrected chi connectivity index (χ2v) is 15.1. The Labute approximate surface area is 199 Å². The normalized spacial score (nSPS) is 18.7. The zero-order valence-corrected chi connectivity index (χ0v) is 23.3. The van der Waals surface area contributed by atoms with E-state index >= 15 is 0 Å². The highest BCUT2D eigenvalue weighted by atomic mass is 28.4. The predicted molar refractivity (Wildman–Crippen MR) is 135 cm³/mol. The summed E-state index contributed by atoms with van der Waals surface area (Å²) in [7, 11) is 4.53. The molecule has 0 spiro atoms. The standard InChI is InChI=1S/C26H40O6Si/c1-14-13-17-19(16(3)31-14)23(28-8)20-18(22(17)27-7)15(2)21(25(30-10)24(20)29-9)32-33(11,12)26(4,5)6/h14,16H,13H2,1-12H3/t14-,16+/m0/s1. The van der Waals surface area contributed by atoms with Gasteiger partial charge in [-0.25, -0.2) is 0 Å². The van der Waals surface area contributed by atoms with Gasteiger partial charge in [-0.3, -0.25) is 0 Å². The van der Waals surface area contributed by atoms with Crippen molar-refractivity contribution in [2.45, 2.75) is 78.3 Å². The first kappa shape index (κ1) is 25.5. The SMILES string of the molecule is COc1c(O[Si](C)(C)C(C)(C)C)c(C)c2c(OC)c3c(c(OC)c2c1OC)[C@@H](C)O[C@@H](C)C3. The molecule has 0 unspecified atom stereocenters. The first-order chi connectivity index (χ1) is 15.3. The molecule has 184 valence electrons. The van der Waals surface area contributed by atoms with Gasteiger partial charge in [-0.15, -0.1) is 0 Å². The topological polar surface area (TPSA) is 55.4 Å². The van der Waals surface area contributed by atoms with Gasteiger partial charge in [0.2, 0.25) is 5.75 Å². The molecule has 0 bridgehead atoms. The molecular weight excluding hydrogens is 436 g/mol. The Morgan fingerprint density at radius 1 is 0.788 bits per heavy atom. The van der Waals surface area contributed by atoms with Crippen LogP contribution in [0.25, 0.3) is 10.8 Å². The minimum atomic E-state index is -2.18. The zero-order chi connectivity index (χ0) is 24.9. The molecule has 1 aliphatic heterocycles. The third-order valence-electron chi connectivity index (χ3n) is 7.22. The molecule has 2 atom stereocenters. The Morgan fingerprint density at radius 2 is 1.33 bits per heavy atom. The van der Waals surface area contributed by atoms with Gasteiger partial charge < -0.3 is 28.1 Å². The second-order valence-electron chi connectivity index (χ2n) is 10.4. The second kappa shape index (κ2) is 8.91.